The number of aryl methyl sites for hydroxylation is 1. The molecule has 1 saturated heterocycles. The minimum absolute atomic E-state index is 0.0864. The Balaban J connectivity index is 1.63. The molecule has 5 nitrogen and oxygen atoms in total. The van der Waals surface area contributed by atoms with Crippen LogP contribution in [0.3, 0.4) is 0 Å². The van der Waals surface area contributed by atoms with Crippen molar-refractivity contribution in [3.63, 3.8) is 0 Å². The van der Waals surface area contributed by atoms with Crippen molar-refractivity contribution in [3.05, 3.63) is 60.0 Å². The molecule has 24 heavy (non-hydrogen) atoms. The van der Waals surface area contributed by atoms with Gasteiger partial charge in [-0.1, -0.05) is 30.3 Å². The Bertz CT molecular complexity index is 822. The van der Waals surface area contributed by atoms with Crippen molar-refractivity contribution >= 4 is 11.3 Å². The van der Waals surface area contributed by atoms with E-state index in [-0.39, 0.29) is 5.41 Å². The molecule has 0 radical (unpaired) electrons. The van der Waals surface area contributed by atoms with Crippen LogP contribution in [0.5, 0.6) is 0 Å². The number of nitrogens with one attached hydrogen (secondary N) is 1. The van der Waals surface area contributed by atoms with E-state index in [1.54, 1.807) is 6.20 Å². The summed E-state index contributed by atoms with van der Waals surface area (Å²) in [5, 5.41) is 8.04. The maximum atomic E-state index is 5.61. The number of nitrogens with zero attached hydrogens (tertiary/aromatic N) is 3. The average molecular weight is 322 g/mol. The molecule has 1 N–H and O–H groups in total. The number of rotatable bonds is 4. The van der Waals surface area contributed by atoms with Crippen LogP contribution in [0, 0.1) is 6.92 Å². The molecule has 2 aromatic heterocycles. The van der Waals surface area contributed by atoms with Gasteiger partial charge >= 0.3 is 0 Å². The number of hydrogen-bond donors (Lipinski definition) is 1. The van der Waals surface area contributed by atoms with Gasteiger partial charge in [0.2, 0.25) is 0 Å². The van der Waals surface area contributed by atoms with Crippen LogP contribution in [0.25, 0.3) is 5.52 Å². The van der Waals surface area contributed by atoms with Crippen LogP contribution >= 0.6 is 0 Å². The van der Waals surface area contributed by atoms with Gasteiger partial charge in [-0.2, -0.15) is 5.10 Å². The number of ether oxygens (including phenoxy) is 1. The van der Waals surface area contributed by atoms with Gasteiger partial charge in [0.1, 0.15) is 5.52 Å². The Morgan fingerprint density at radius 2 is 2.00 bits per heavy atom. The monoisotopic (exact) mass is 322 g/mol. The first-order chi connectivity index (χ1) is 11.8. The Labute approximate surface area is 141 Å². The van der Waals surface area contributed by atoms with Gasteiger partial charge in [0.05, 0.1) is 5.69 Å². The summed E-state index contributed by atoms with van der Waals surface area (Å²) in [6, 6.07) is 12.8. The summed E-state index contributed by atoms with van der Waals surface area (Å²) in [6.07, 6.45) is 5.71. The van der Waals surface area contributed by atoms with E-state index < -0.39 is 0 Å². The molecule has 1 fully saturated rings. The zero-order valence-corrected chi connectivity index (χ0v) is 13.9. The lowest BCUT2D eigenvalue weighted by molar-refractivity contribution is 0.0544. The Morgan fingerprint density at radius 1 is 1.21 bits per heavy atom. The zero-order chi connectivity index (χ0) is 16.4. The van der Waals surface area contributed by atoms with E-state index in [0.717, 1.165) is 49.6 Å². The molecule has 124 valence electrons. The van der Waals surface area contributed by atoms with Crippen LogP contribution < -0.4 is 5.32 Å². The van der Waals surface area contributed by atoms with Gasteiger partial charge < -0.3 is 10.1 Å². The summed E-state index contributed by atoms with van der Waals surface area (Å²) >= 11 is 0. The molecule has 3 aromatic rings. The van der Waals surface area contributed by atoms with Crippen molar-refractivity contribution in [3.8, 4) is 0 Å². The molecule has 0 unspecified atom stereocenters. The van der Waals surface area contributed by atoms with E-state index in [1.807, 2.05) is 17.6 Å². The Morgan fingerprint density at radius 3 is 2.79 bits per heavy atom. The van der Waals surface area contributed by atoms with Crippen LogP contribution in [0.1, 0.15) is 24.1 Å². The molecular formula is C19H22N4O. The van der Waals surface area contributed by atoms with Crippen molar-refractivity contribution in [1.82, 2.24) is 14.6 Å². The topological polar surface area (TPSA) is 51.5 Å². The van der Waals surface area contributed by atoms with E-state index in [2.05, 4.69) is 51.8 Å². The second kappa shape index (κ2) is 6.24. The minimum atomic E-state index is 0.0864. The largest absolute Gasteiger partial charge is 0.381 e. The third-order valence-corrected chi connectivity index (χ3v) is 4.94. The van der Waals surface area contributed by atoms with E-state index in [9.17, 15) is 0 Å². The van der Waals surface area contributed by atoms with Gasteiger partial charge in [0.25, 0.3) is 0 Å². The lowest BCUT2D eigenvalue weighted by Gasteiger charge is -2.38. The van der Waals surface area contributed by atoms with E-state index >= 15 is 0 Å². The van der Waals surface area contributed by atoms with Gasteiger partial charge in [-0.15, -0.1) is 0 Å². The SMILES string of the molecule is Cc1cc2c(NCC3(c4ccccc4)CCOCC3)nccn2n1. The summed E-state index contributed by atoms with van der Waals surface area (Å²) in [4.78, 5) is 4.53. The predicted molar refractivity (Wildman–Crippen MR) is 94.4 cm³/mol. The highest BCUT2D eigenvalue weighted by Gasteiger charge is 2.34. The summed E-state index contributed by atoms with van der Waals surface area (Å²) in [5.41, 5.74) is 3.47. The average Bonchev–Trinajstić information content (AvgIpc) is 3.02. The minimum Gasteiger partial charge on any atom is -0.381 e. The maximum absolute atomic E-state index is 5.61. The summed E-state index contributed by atoms with van der Waals surface area (Å²) in [7, 11) is 0. The molecule has 4 rings (SSSR count). The maximum Gasteiger partial charge on any atom is 0.152 e. The second-order valence-corrected chi connectivity index (χ2v) is 6.50. The van der Waals surface area contributed by atoms with Crippen molar-refractivity contribution in [2.45, 2.75) is 25.2 Å². The van der Waals surface area contributed by atoms with Crippen LogP contribution in [0.2, 0.25) is 0 Å². The molecule has 3 heterocycles. The van der Waals surface area contributed by atoms with Crippen molar-refractivity contribution in [2.24, 2.45) is 0 Å². The smallest absolute Gasteiger partial charge is 0.152 e. The van der Waals surface area contributed by atoms with Crippen LogP contribution in [0.15, 0.2) is 48.8 Å². The van der Waals surface area contributed by atoms with Crippen LogP contribution in [-0.2, 0) is 10.2 Å². The first-order valence-electron chi connectivity index (χ1n) is 8.45. The van der Waals surface area contributed by atoms with Gasteiger partial charge in [-0.3, -0.25) is 0 Å². The molecule has 1 aliphatic heterocycles. The molecular weight excluding hydrogens is 300 g/mol. The lowest BCUT2D eigenvalue weighted by atomic mass is 9.74. The highest BCUT2D eigenvalue weighted by Crippen LogP contribution is 2.35. The number of hydrogen-bond acceptors (Lipinski definition) is 4. The molecule has 1 aromatic carbocycles. The van der Waals surface area contributed by atoms with Gasteiger partial charge in [-0.05, 0) is 31.4 Å². The highest BCUT2D eigenvalue weighted by atomic mass is 16.5. The number of benzene rings is 1. The quantitative estimate of drug-likeness (QED) is 0.801. The Hall–Kier alpha value is -2.40. The fourth-order valence-corrected chi connectivity index (χ4v) is 3.55. The van der Waals surface area contributed by atoms with Gasteiger partial charge in [-0.25, -0.2) is 9.50 Å². The number of fused-ring (bicyclic) bond motifs is 1. The Kier molecular flexibility index (Phi) is 3.94. The van der Waals surface area contributed by atoms with Gasteiger partial charge in [0.15, 0.2) is 5.82 Å². The summed E-state index contributed by atoms with van der Waals surface area (Å²) < 4.78 is 7.49. The fourth-order valence-electron chi connectivity index (χ4n) is 3.55. The molecule has 5 heteroatoms. The summed E-state index contributed by atoms with van der Waals surface area (Å²) in [6.45, 7) is 4.46. The molecule has 0 bridgehead atoms. The second-order valence-electron chi connectivity index (χ2n) is 6.50. The number of anilines is 1. The van der Waals surface area contributed by atoms with E-state index in [1.165, 1.54) is 5.56 Å². The molecule has 0 amide bonds. The van der Waals surface area contributed by atoms with Crippen molar-refractivity contribution in [2.75, 3.05) is 25.1 Å². The standard InChI is InChI=1S/C19H22N4O/c1-15-13-17-18(20-9-10-23(17)22-15)21-14-19(7-11-24-12-8-19)16-5-3-2-4-6-16/h2-6,9-10,13H,7-8,11-12,14H2,1H3,(H,20,21). The predicted octanol–water partition coefficient (Wildman–Crippen LogP) is 3.20. The first kappa shape index (κ1) is 15.1. The fraction of sp³-hybridized carbons (Fsp3) is 0.368. The molecule has 0 atom stereocenters. The van der Waals surface area contributed by atoms with Crippen molar-refractivity contribution in [1.29, 1.82) is 0 Å². The normalized spacial score (nSPS) is 17.0. The van der Waals surface area contributed by atoms with E-state index in [0.29, 0.717) is 0 Å². The zero-order valence-electron chi connectivity index (χ0n) is 13.9. The molecule has 0 spiro atoms. The first-order valence-corrected chi connectivity index (χ1v) is 8.45. The van der Waals surface area contributed by atoms with Crippen molar-refractivity contribution < 1.29 is 4.74 Å². The number of aromatic nitrogens is 3. The van der Waals surface area contributed by atoms with Crippen LogP contribution in [0.4, 0.5) is 5.82 Å². The third-order valence-electron chi connectivity index (χ3n) is 4.94. The molecule has 0 aliphatic carbocycles. The summed E-state index contributed by atoms with van der Waals surface area (Å²) in [5.74, 6) is 0.889. The van der Waals surface area contributed by atoms with E-state index in [4.69, 9.17) is 4.74 Å². The lowest BCUT2D eigenvalue weighted by Crippen LogP contribution is -2.40. The highest BCUT2D eigenvalue weighted by molar-refractivity contribution is 5.67. The molecule has 1 aliphatic rings. The van der Waals surface area contributed by atoms with Crippen LogP contribution in [-0.4, -0.2) is 34.4 Å². The van der Waals surface area contributed by atoms with Gasteiger partial charge in [0, 0.05) is 37.6 Å². The molecule has 0 saturated carbocycles. The third kappa shape index (κ3) is 2.76.